The maximum Gasteiger partial charge on any atom is 0.305 e. The SMILES string of the molecule is CCCCC[C@H]1CCC(=O)[C@@H]1CCCCCCC(=O)OCCCC. The van der Waals surface area contributed by atoms with E-state index in [2.05, 4.69) is 13.8 Å². The van der Waals surface area contributed by atoms with Gasteiger partial charge < -0.3 is 4.74 Å². The van der Waals surface area contributed by atoms with Crippen LogP contribution in [0.1, 0.15) is 104 Å². The zero-order valence-electron chi connectivity index (χ0n) is 16.0. The molecule has 1 rings (SSSR count). The van der Waals surface area contributed by atoms with E-state index in [1.165, 1.54) is 25.7 Å². The van der Waals surface area contributed by atoms with Crippen LogP contribution in [0.2, 0.25) is 0 Å². The van der Waals surface area contributed by atoms with Gasteiger partial charge in [0.25, 0.3) is 0 Å². The van der Waals surface area contributed by atoms with Gasteiger partial charge in [-0.1, -0.05) is 58.8 Å². The Bertz CT molecular complexity index is 351. The summed E-state index contributed by atoms with van der Waals surface area (Å²) in [4.78, 5) is 23.6. The second kappa shape index (κ2) is 13.4. The van der Waals surface area contributed by atoms with Gasteiger partial charge in [0, 0.05) is 18.8 Å². The van der Waals surface area contributed by atoms with Crippen LogP contribution in [0.15, 0.2) is 0 Å². The zero-order valence-corrected chi connectivity index (χ0v) is 16.0. The Morgan fingerprint density at radius 2 is 1.67 bits per heavy atom. The Balaban J connectivity index is 2.06. The third-order valence-electron chi connectivity index (χ3n) is 5.33. The Kier molecular flexibility index (Phi) is 11.9. The minimum absolute atomic E-state index is 0.0505. The van der Waals surface area contributed by atoms with Gasteiger partial charge >= 0.3 is 5.97 Å². The van der Waals surface area contributed by atoms with Gasteiger partial charge in [0.15, 0.2) is 0 Å². The molecule has 1 saturated carbocycles. The topological polar surface area (TPSA) is 43.4 Å². The zero-order chi connectivity index (χ0) is 17.6. The number of ketones is 1. The van der Waals surface area contributed by atoms with Crippen LogP contribution in [0.5, 0.6) is 0 Å². The summed E-state index contributed by atoms with van der Waals surface area (Å²) in [5, 5.41) is 0. The summed E-state index contributed by atoms with van der Waals surface area (Å²) in [5.74, 6) is 1.44. The molecule has 0 N–H and O–H groups in total. The number of ether oxygens (including phenoxy) is 1. The number of hydrogen-bond donors (Lipinski definition) is 0. The molecule has 0 heterocycles. The average Bonchev–Trinajstić information content (AvgIpc) is 2.91. The van der Waals surface area contributed by atoms with Crippen LogP contribution >= 0.6 is 0 Å². The first kappa shape index (κ1) is 21.2. The predicted octanol–water partition coefficient (Wildman–Crippen LogP) is 5.85. The summed E-state index contributed by atoms with van der Waals surface area (Å²) in [7, 11) is 0. The first-order valence-corrected chi connectivity index (χ1v) is 10.4. The molecule has 0 amide bonds. The smallest absolute Gasteiger partial charge is 0.305 e. The molecule has 24 heavy (non-hydrogen) atoms. The van der Waals surface area contributed by atoms with E-state index in [9.17, 15) is 9.59 Å². The first-order chi connectivity index (χ1) is 11.7. The maximum absolute atomic E-state index is 12.1. The summed E-state index contributed by atoms with van der Waals surface area (Å²) < 4.78 is 5.16. The number of hydrogen-bond acceptors (Lipinski definition) is 3. The molecule has 0 radical (unpaired) electrons. The van der Waals surface area contributed by atoms with Crippen LogP contribution in [0.4, 0.5) is 0 Å². The van der Waals surface area contributed by atoms with Crippen LogP contribution in [0, 0.1) is 11.8 Å². The van der Waals surface area contributed by atoms with Crippen molar-refractivity contribution in [1.29, 1.82) is 0 Å². The molecule has 0 unspecified atom stereocenters. The molecule has 0 saturated heterocycles. The third-order valence-corrected chi connectivity index (χ3v) is 5.33. The summed E-state index contributed by atoms with van der Waals surface area (Å²) in [6, 6.07) is 0. The van der Waals surface area contributed by atoms with Gasteiger partial charge in [-0.15, -0.1) is 0 Å². The second-order valence-electron chi connectivity index (χ2n) is 7.39. The van der Waals surface area contributed by atoms with Gasteiger partial charge in [-0.05, 0) is 38.0 Å². The Hall–Kier alpha value is -0.860. The minimum atomic E-state index is -0.0505. The lowest BCUT2D eigenvalue weighted by Gasteiger charge is -2.18. The van der Waals surface area contributed by atoms with Crippen molar-refractivity contribution in [3.63, 3.8) is 0 Å². The van der Waals surface area contributed by atoms with Crippen molar-refractivity contribution in [2.75, 3.05) is 6.61 Å². The van der Waals surface area contributed by atoms with E-state index in [1.54, 1.807) is 0 Å². The molecule has 0 aromatic rings. The molecule has 1 aliphatic carbocycles. The largest absolute Gasteiger partial charge is 0.466 e. The molecule has 2 atom stereocenters. The van der Waals surface area contributed by atoms with E-state index in [0.717, 1.165) is 57.8 Å². The monoisotopic (exact) mass is 338 g/mol. The number of carbonyl (C=O) groups excluding carboxylic acids is 2. The summed E-state index contributed by atoms with van der Waals surface area (Å²) in [5.41, 5.74) is 0. The van der Waals surface area contributed by atoms with Crippen LogP contribution in [0.3, 0.4) is 0 Å². The highest BCUT2D eigenvalue weighted by molar-refractivity contribution is 5.83. The highest BCUT2D eigenvalue weighted by atomic mass is 16.5. The van der Waals surface area contributed by atoms with Crippen molar-refractivity contribution in [3.05, 3.63) is 0 Å². The fraction of sp³-hybridized carbons (Fsp3) is 0.905. The first-order valence-electron chi connectivity index (χ1n) is 10.4. The van der Waals surface area contributed by atoms with Crippen molar-refractivity contribution < 1.29 is 14.3 Å². The Labute approximate surface area is 148 Å². The molecular formula is C21H38O3. The van der Waals surface area contributed by atoms with Crippen LogP contribution in [0.25, 0.3) is 0 Å². The van der Waals surface area contributed by atoms with E-state index in [-0.39, 0.29) is 5.97 Å². The van der Waals surface area contributed by atoms with Crippen molar-refractivity contribution in [2.45, 2.75) is 104 Å². The molecule has 0 aromatic heterocycles. The average molecular weight is 339 g/mol. The predicted molar refractivity (Wildman–Crippen MR) is 98.9 cm³/mol. The number of Topliss-reactive ketones (excluding diaryl/α,β-unsaturated/α-hetero) is 1. The van der Waals surface area contributed by atoms with Crippen LogP contribution in [-0.2, 0) is 14.3 Å². The standard InChI is InChI=1S/C21H38O3/c1-3-5-9-12-18-15-16-20(22)19(18)13-10-7-8-11-14-21(23)24-17-6-4-2/h18-19H,3-17H2,1-2H3/t18-,19+/m0/s1. The summed E-state index contributed by atoms with van der Waals surface area (Å²) >= 11 is 0. The van der Waals surface area contributed by atoms with Gasteiger partial charge in [0.1, 0.15) is 5.78 Å². The van der Waals surface area contributed by atoms with E-state index in [4.69, 9.17) is 4.74 Å². The molecule has 3 nitrogen and oxygen atoms in total. The van der Waals surface area contributed by atoms with E-state index >= 15 is 0 Å². The molecular weight excluding hydrogens is 300 g/mol. The van der Waals surface area contributed by atoms with Crippen molar-refractivity contribution >= 4 is 11.8 Å². The minimum Gasteiger partial charge on any atom is -0.466 e. The lowest BCUT2D eigenvalue weighted by atomic mass is 9.86. The van der Waals surface area contributed by atoms with Crippen molar-refractivity contribution in [2.24, 2.45) is 11.8 Å². The van der Waals surface area contributed by atoms with E-state index < -0.39 is 0 Å². The van der Waals surface area contributed by atoms with E-state index in [0.29, 0.717) is 30.6 Å². The van der Waals surface area contributed by atoms with Crippen LogP contribution in [-0.4, -0.2) is 18.4 Å². The highest BCUT2D eigenvalue weighted by Crippen LogP contribution is 2.36. The maximum atomic E-state index is 12.1. The molecule has 1 fully saturated rings. The molecule has 0 bridgehead atoms. The Morgan fingerprint density at radius 1 is 0.958 bits per heavy atom. The van der Waals surface area contributed by atoms with Gasteiger partial charge in [-0.3, -0.25) is 9.59 Å². The number of unbranched alkanes of at least 4 members (excludes halogenated alkanes) is 6. The third kappa shape index (κ3) is 8.84. The number of rotatable bonds is 14. The normalized spacial score (nSPS) is 20.5. The quantitative estimate of drug-likeness (QED) is 0.295. The molecule has 140 valence electrons. The van der Waals surface area contributed by atoms with Gasteiger partial charge in [0.05, 0.1) is 6.61 Å². The van der Waals surface area contributed by atoms with Gasteiger partial charge in [-0.2, -0.15) is 0 Å². The number of esters is 1. The van der Waals surface area contributed by atoms with Crippen molar-refractivity contribution in [3.8, 4) is 0 Å². The van der Waals surface area contributed by atoms with Gasteiger partial charge in [0.2, 0.25) is 0 Å². The second-order valence-corrected chi connectivity index (χ2v) is 7.39. The summed E-state index contributed by atoms with van der Waals surface area (Å²) in [6.07, 6.45) is 14.9. The fourth-order valence-electron chi connectivity index (χ4n) is 3.77. The molecule has 0 aliphatic heterocycles. The van der Waals surface area contributed by atoms with Crippen molar-refractivity contribution in [1.82, 2.24) is 0 Å². The summed E-state index contributed by atoms with van der Waals surface area (Å²) in [6.45, 7) is 4.90. The lowest BCUT2D eigenvalue weighted by Crippen LogP contribution is -2.15. The molecule has 0 aromatic carbocycles. The highest BCUT2D eigenvalue weighted by Gasteiger charge is 2.33. The number of carbonyl (C=O) groups is 2. The molecule has 1 aliphatic rings. The van der Waals surface area contributed by atoms with Gasteiger partial charge in [-0.25, -0.2) is 0 Å². The van der Waals surface area contributed by atoms with Crippen LogP contribution < -0.4 is 0 Å². The molecule has 3 heteroatoms. The lowest BCUT2D eigenvalue weighted by molar-refractivity contribution is -0.143. The molecule has 0 spiro atoms. The van der Waals surface area contributed by atoms with E-state index in [1.807, 2.05) is 0 Å². The Morgan fingerprint density at radius 3 is 2.42 bits per heavy atom. The fourth-order valence-corrected chi connectivity index (χ4v) is 3.77.